The van der Waals surface area contributed by atoms with Gasteiger partial charge in [0.05, 0.1) is 5.25 Å². The summed E-state index contributed by atoms with van der Waals surface area (Å²) in [6, 6.07) is 14.4. The Hall–Kier alpha value is -2.64. The Morgan fingerprint density at radius 3 is 2.59 bits per heavy atom. The molecule has 2 aromatic carbocycles. The Labute approximate surface area is 165 Å². The highest BCUT2D eigenvalue weighted by molar-refractivity contribution is 8.00. The fraction of sp³-hybridized carbons (Fsp3) is 0.158. The monoisotopic (exact) mass is 400 g/mol. The van der Waals surface area contributed by atoms with Crippen LogP contribution in [0.1, 0.15) is 12.5 Å². The second kappa shape index (κ2) is 8.37. The Kier molecular flexibility index (Phi) is 5.93. The number of rotatable bonds is 5. The Morgan fingerprint density at radius 1 is 1.19 bits per heavy atom. The van der Waals surface area contributed by atoms with E-state index in [4.69, 9.17) is 11.6 Å². The lowest BCUT2D eigenvalue weighted by Crippen LogP contribution is -2.23. The molecule has 0 aliphatic heterocycles. The van der Waals surface area contributed by atoms with Crippen LogP contribution in [0, 0.1) is 6.92 Å². The topological polar surface area (TPSA) is 87.7 Å². The maximum atomic E-state index is 12.4. The summed E-state index contributed by atoms with van der Waals surface area (Å²) in [5.74, 6) is -0.227. The van der Waals surface area contributed by atoms with Gasteiger partial charge in [0.25, 0.3) is 5.56 Å². The van der Waals surface area contributed by atoms with E-state index in [0.717, 1.165) is 17.3 Å². The van der Waals surface area contributed by atoms with Gasteiger partial charge < -0.3 is 5.32 Å². The van der Waals surface area contributed by atoms with Crippen LogP contribution in [-0.2, 0) is 4.79 Å². The first kappa shape index (κ1) is 19.1. The highest BCUT2D eigenvalue weighted by Gasteiger charge is 2.17. The second-order valence-corrected chi connectivity index (χ2v) is 7.62. The SMILES string of the molecule is Cc1ccc(NC(=O)C(C)Sc2nnc(-c3ccccc3)c(=O)[nH]2)cc1Cl. The van der Waals surface area contributed by atoms with Gasteiger partial charge in [-0.25, -0.2) is 0 Å². The van der Waals surface area contributed by atoms with Gasteiger partial charge >= 0.3 is 0 Å². The number of amides is 1. The van der Waals surface area contributed by atoms with Crippen molar-refractivity contribution in [2.75, 3.05) is 5.32 Å². The van der Waals surface area contributed by atoms with Gasteiger partial charge in [0.2, 0.25) is 5.91 Å². The molecule has 0 spiro atoms. The predicted octanol–water partition coefficient (Wildman–Crippen LogP) is 3.91. The van der Waals surface area contributed by atoms with Crippen molar-refractivity contribution in [1.82, 2.24) is 15.2 Å². The minimum atomic E-state index is -0.488. The lowest BCUT2D eigenvalue weighted by Gasteiger charge is -2.12. The van der Waals surface area contributed by atoms with Gasteiger partial charge in [-0.2, -0.15) is 0 Å². The highest BCUT2D eigenvalue weighted by Crippen LogP contribution is 2.23. The highest BCUT2D eigenvalue weighted by atomic mass is 35.5. The predicted molar refractivity (Wildman–Crippen MR) is 108 cm³/mol. The molecule has 0 aliphatic carbocycles. The number of carbonyl (C=O) groups is 1. The Morgan fingerprint density at radius 2 is 1.93 bits per heavy atom. The van der Waals surface area contributed by atoms with E-state index >= 15 is 0 Å². The van der Waals surface area contributed by atoms with Crippen LogP contribution in [0.2, 0.25) is 5.02 Å². The summed E-state index contributed by atoms with van der Waals surface area (Å²) < 4.78 is 0. The third-order valence-corrected chi connectivity index (χ3v) is 5.20. The molecule has 2 N–H and O–H groups in total. The fourth-order valence-corrected chi connectivity index (χ4v) is 3.22. The van der Waals surface area contributed by atoms with Crippen LogP contribution in [0.15, 0.2) is 58.5 Å². The minimum Gasteiger partial charge on any atom is -0.325 e. The van der Waals surface area contributed by atoms with Crippen molar-refractivity contribution in [3.8, 4) is 11.3 Å². The Balaban J connectivity index is 1.69. The molecule has 8 heteroatoms. The number of nitrogens with one attached hydrogen (secondary N) is 2. The lowest BCUT2D eigenvalue weighted by atomic mass is 10.2. The van der Waals surface area contributed by atoms with Crippen LogP contribution in [0.4, 0.5) is 5.69 Å². The first-order valence-corrected chi connectivity index (χ1v) is 9.46. The van der Waals surface area contributed by atoms with Crippen LogP contribution in [0.25, 0.3) is 11.3 Å². The van der Waals surface area contributed by atoms with Crippen molar-refractivity contribution in [3.05, 3.63) is 69.5 Å². The number of anilines is 1. The second-order valence-electron chi connectivity index (χ2n) is 5.89. The summed E-state index contributed by atoms with van der Waals surface area (Å²) in [5.41, 5.74) is 2.12. The van der Waals surface area contributed by atoms with E-state index in [1.54, 1.807) is 31.2 Å². The van der Waals surface area contributed by atoms with E-state index in [1.165, 1.54) is 0 Å². The van der Waals surface area contributed by atoms with Crippen molar-refractivity contribution in [1.29, 1.82) is 0 Å². The van der Waals surface area contributed by atoms with Gasteiger partial charge in [0, 0.05) is 16.3 Å². The molecule has 27 heavy (non-hydrogen) atoms. The maximum absolute atomic E-state index is 12.4. The average Bonchev–Trinajstić information content (AvgIpc) is 2.65. The number of carbonyl (C=O) groups excluding carboxylic acids is 1. The molecule has 0 radical (unpaired) electrons. The smallest absolute Gasteiger partial charge is 0.278 e. The average molecular weight is 401 g/mol. The van der Waals surface area contributed by atoms with Gasteiger partial charge in [0.1, 0.15) is 0 Å². The van der Waals surface area contributed by atoms with Gasteiger partial charge in [-0.15, -0.1) is 10.2 Å². The van der Waals surface area contributed by atoms with Crippen molar-refractivity contribution in [3.63, 3.8) is 0 Å². The van der Waals surface area contributed by atoms with Gasteiger partial charge in [-0.05, 0) is 31.5 Å². The van der Waals surface area contributed by atoms with Crippen molar-refractivity contribution in [2.24, 2.45) is 0 Å². The summed E-state index contributed by atoms with van der Waals surface area (Å²) in [7, 11) is 0. The number of halogens is 1. The number of benzene rings is 2. The minimum absolute atomic E-state index is 0.227. The molecule has 138 valence electrons. The third-order valence-electron chi connectivity index (χ3n) is 3.82. The quantitative estimate of drug-likeness (QED) is 0.634. The molecule has 1 atom stereocenters. The zero-order valence-corrected chi connectivity index (χ0v) is 16.3. The normalized spacial score (nSPS) is 11.8. The summed E-state index contributed by atoms with van der Waals surface area (Å²) in [6.45, 7) is 3.61. The summed E-state index contributed by atoms with van der Waals surface area (Å²) in [6.07, 6.45) is 0. The largest absolute Gasteiger partial charge is 0.325 e. The zero-order chi connectivity index (χ0) is 19.4. The molecule has 0 aliphatic rings. The van der Waals surface area contributed by atoms with Crippen molar-refractivity contribution < 1.29 is 4.79 Å². The number of nitrogens with zero attached hydrogens (tertiary/aromatic N) is 2. The van der Waals surface area contributed by atoms with Crippen LogP contribution in [0.5, 0.6) is 0 Å². The molecule has 1 unspecified atom stereocenters. The number of aromatic nitrogens is 3. The zero-order valence-electron chi connectivity index (χ0n) is 14.7. The van der Waals surface area contributed by atoms with Crippen molar-refractivity contribution >= 4 is 35.0 Å². The summed E-state index contributed by atoms with van der Waals surface area (Å²) >= 11 is 7.20. The summed E-state index contributed by atoms with van der Waals surface area (Å²) in [4.78, 5) is 27.3. The van der Waals surface area contributed by atoms with Gasteiger partial charge in [-0.3, -0.25) is 14.6 Å². The van der Waals surface area contributed by atoms with Crippen molar-refractivity contribution in [2.45, 2.75) is 24.3 Å². The fourth-order valence-electron chi connectivity index (χ4n) is 2.30. The third kappa shape index (κ3) is 4.75. The van der Waals surface area contributed by atoms with E-state index in [9.17, 15) is 9.59 Å². The molecule has 0 saturated carbocycles. The number of thioether (sulfide) groups is 1. The molecule has 3 rings (SSSR count). The van der Waals surface area contributed by atoms with Crippen LogP contribution < -0.4 is 10.9 Å². The summed E-state index contributed by atoms with van der Waals surface area (Å²) in [5, 5.41) is 11.2. The number of hydrogen-bond donors (Lipinski definition) is 2. The van der Waals surface area contributed by atoms with Gasteiger partial charge in [-0.1, -0.05) is 59.8 Å². The first-order chi connectivity index (χ1) is 12.9. The van der Waals surface area contributed by atoms with E-state index in [-0.39, 0.29) is 22.3 Å². The van der Waals surface area contributed by atoms with E-state index < -0.39 is 5.25 Å². The lowest BCUT2D eigenvalue weighted by molar-refractivity contribution is -0.115. The van der Waals surface area contributed by atoms with Crippen LogP contribution >= 0.6 is 23.4 Å². The molecule has 0 saturated heterocycles. The Bertz CT molecular complexity index is 1020. The van der Waals surface area contributed by atoms with E-state index in [2.05, 4.69) is 20.5 Å². The number of H-pyrrole nitrogens is 1. The molecule has 6 nitrogen and oxygen atoms in total. The van der Waals surface area contributed by atoms with Gasteiger partial charge in [0.15, 0.2) is 10.9 Å². The molecule has 0 fully saturated rings. The molecule has 1 aromatic heterocycles. The number of aryl methyl sites for hydroxylation is 1. The molecular weight excluding hydrogens is 384 g/mol. The molecule has 3 aromatic rings. The van der Waals surface area contributed by atoms with E-state index in [0.29, 0.717) is 16.3 Å². The number of aromatic amines is 1. The van der Waals surface area contributed by atoms with Crippen LogP contribution in [0.3, 0.4) is 0 Å². The molecule has 1 amide bonds. The van der Waals surface area contributed by atoms with Crippen LogP contribution in [-0.4, -0.2) is 26.3 Å². The first-order valence-electron chi connectivity index (χ1n) is 8.20. The maximum Gasteiger partial charge on any atom is 0.278 e. The standard InChI is InChI=1S/C19H17ClN4O2S/c1-11-8-9-14(10-15(11)20)21-17(25)12(2)27-19-22-18(26)16(23-24-19)13-6-4-3-5-7-13/h3-10,12H,1-2H3,(H,21,25)(H,22,24,26). The molecular formula is C19H17ClN4O2S. The number of hydrogen-bond acceptors (Lipinski definition) is 5. The van der Waals surface area contributed by atoms with E-state index in [1.807, 2.05) is 31.2 Å². The molecule has 1 heterocycles. The molecule has 0 bridgehead atoms.